The van der Waals surface area contributed by atoms with Crippen LogP contribution >= 0.6 is 0 Å². The molecule has 1 heterocycles. The van der Waals surface area contributed by atoms with Gasteiger partial charge >= 0.3 is 0 Å². The minimum atomic E-state index is -0.299. The molecule has 0 unspecified atom stereocenters. The van der Waals surface area contributed by atoms with Crippen LogP contribution in [0.4, 0.5) is 4.39 Å². The largest absolute Gasteiger partial charge is 0.488 e. The molecule has 154 valence electrons. The Kier molecular flexibility index (Phi) is 5.84. The van der Waals surface area contributed by atoms with E-state index in [4.69, 9.17) is 14.2 Å². The number of nitrogens with zero attached hydrogens (tertiary/aromatic N) is 1. The van der Waals surface area contributed by atoms with Crippen molar-refractivity contribution in [2.45, 2.75) is 12.7 Å². The number of halogens is 1. The average Bonchev–Trinajstić information content (AvgIpc) is 2.78. The van der Waals surface area contributed by atoms with Crippen molar-refractivity contribution >= 4 is 5.91 Å². The van der Waals surface area contributed by atoms with Gasteiger partial charge in [-0.3, -0.25) is 4.79 Å². The first kappa shape index (κ1) is 19.8. The molecule has 0 fully saturated rings. The lowest BCUT2D eigenvalue weighted by atomic mass is 10.1. The molecule has 0 saturated carbocycles. The normalized spacial score (nSPS) is 14.8. The standard InChI is InChI=1S/C24H22FNO4/c1-26(14-19-16-29-22-8-4-5-9-23(22)30-19)24(27)20-6-2-3-7-21(20)28-15-17-10-12-18(25)13-11-17/h2-13,19H,14-16H2,1H3/t19-/m1/s1. The molecule has 0 saturated heterocycles. The number of amides is 1. The Morgan fingerprint density at radius 1 is 1.03 bits per heavy atom. The van der Waals surface area contributed by atoms with Crippen molar-refractivity contribution in [2.75, 3.05) is 20.2 Å². The fourth-order valence-electron chi connectivity index (χ4n) is 3.26. The van der Waals surface area contributed by atoms with Crippen LogP contribution in [0.1, 0.15) is 15.9 Å². The van der Waals surface area contributed by atoms with Gasteiger partial charge in [0.05, 0.1) is 12.1 Å². The Hall–Kier alpha value is -3.54. The molecule has 0 aliphatic carbocycles. The smallest absolute Gasteiger partial charge is 0.257 e. The van der Waals surface area contributed by atoms with Gasteiger partial charge < -0.3 is 19.1 Å². The van der Waals surface area contributed by atoms with E-state index in [1.165, 1.54) is 12.1 Å². The van der Waals surface area contributed by atoms with Crippen molar-refractivity contribution in [3.8, 4) is 17.2 Å². The second kappa shape index (κ2) is 8.86. The highest BCUT2D eigenvalue weighted by atomic mass is 19.1. The van der Waals surface area contributed by atoms with E-state index in [0.717, 1.165) is 5.56 Å². The van der Waals surface area contributed by atoms with Gasteiger partial charge in [0, 0.05) is 7.05 Å². The molecule has 6 heteroatoms. The zero-order chi connectivity index (χ0) is 20.9. The molecule has 5 nitrogen and oxygen atoms in total. The number of ether oxygens (including phenoxy) is 3. The molecule has 1 amide bonds. The fourth-order valence-corrected chi connectivity index (χ4v) is 3.26. The Morgan fingerprint density at radius 3 is 2.53 bits per heavy atom. The lowest BCUT2D eigenvalue weighted by Crippen LogP contribution is -2.41. The van der Waals surface area contributed by atoms with Crippen molar-refractivity contribution in [2.24, 2.45) is 0 Å². The maximum Gasteiger partial charge on any atom is 0.257 e. The monoisotopic (exact) mass is 407 g/mol. The van der Waals surface area contributed by atoms with Crippen LogP contribution in [0.25, 0.3) is 0 Å². The lowest BCUT2D eigenvalue weighted by Gasteiger charge is -2.29. The zero-order valence-corrected chi connectivity index (χ0v) is 16.6. The summed E-state index contributed by atoms with van der Waals surface area (Å²) in [7, 11) is 1.73. The summed E-state index contributed by atoms with van der Waals surface area (Å²) in [6, 6.07) is 20.6. The predicted octanol–water partition coefficient (Wildman–Crippen LogP) is 4.32. The second-order valence-corrected chi connectivity index (χ2v) is 7.09. The summed E-state index contributed by atoms with van der Waals surface area (Å²) in [5.41, 5.74) is 1.28. The highest BCUT2D eigenvalue weighted by molar-refractivity contribution is 5.96. The Labute approximate surface area is 174 Å². The first-order valence-corrected chi connectivity index (χ1v) is 9.70. The summed E-state index contributed by atoms with van der Waals surface area (Å²) < 4.78 is 30.6. The van der Waals surface area contributed by atoms with Gasteiger partial charge in [-0.25, -0.2) is 4.39 Å². The Morgan fingerprint density at radius 2 is 1.73 bits per heavy atom. The van der Waals surface area contributed by atoms with Gasteiger partial charge in [-0.1, -0.05) is 36.4 Å². The maximum atomic E-state index is 13.1. The lowest BCUT2D eigenvalue weighted by molar-refractivity contribution is 0.0518. The molecule has 1 aliphatic heterocycles. The number of fused-ring (bicyclic) bond motifs is 1. The molecule has 0 N–H and O–H groups in total. The second-order valence-electron chi connectivity index (χ2n) is 7.09. The van der Waals surface area contributed by atoms with Gasteiger partial charge in [0.15, 0.2) is 17.6 Å². The van der Waals surface area contributed by atoms with E-state index in [0.29, 0.717) is 36.0 Å². The predicted molar refractivity (Wildman–Crippen MR) is 110 cm³/mol. The molecule has 1 atom stereocenters. The summed E-state index contributed by atoms with van der Waals surface area (Å²) in [4.78, 5) is 14.6. The first-order chi connectivity index (χ1) is 14.6. The zero-order valence-electron chi connectivity index (χ0n) is 16.6. The molecule has 0 aromatic heterocycles. The third kappa shape index (κ3) is 4.54. The van der Waals surface area contributed by atoms with E-state index in [1.807, 2.05) is 30.3 Å². The summed E-state index contributed by atoms with van der Waals surface area (Å²) in [6.07, 6.45) is -0.263. The van der Waals surface area contributed by atoms with Crippen LogP contribution in [0.2, 0.25) is 0 Å². The van der Waals surface area contributed by atoms with E-state index in [9.17, 15) is 9.18 Å². The van der Waals surface area contributed by atoms with Gasteiger partial charge in [0.2, 0.25) is 0 Å². The van der Waals surface area contributed by atoms with Gasteiger partial charge in [-0.15, -0.1) is 0 Å². The fraction of sp³-hybridized carbons (Fsp3) is 0.208. The third-order valence-electron chi connectivity index (χ3n) is 4.82. The highest BCUT2D eigenvalue weighted by Gasteiger charge is 2.25. The molecule has 3 aromatic rings. The molecule has 0 radical (unpaired) electrons. The van der Waals surface area contributed by atoms with Crippen LogP contribution < -0.4 is 14.2 Å². The van der Waals surface area contributed by atoms with Crippen LogP contribution in [0.15, 0.2) is 72.8 Å². The number of benzene rings is 3. The third-order valence-corrected chi connectivity index (χ3v) is 4.82. The molecule has 0 bridgehead atoms. The molecular weight excluding hydrogens is 385 g/mol. The van der Waals surface area contributed by atoms with E-state index in [2.05, 4.69) is 0 Å². The van der Waals surface area contributed by atoms with E-state index in [1.54, 1.807) is 42.3 Å². The maximum absolute atomic E-state index is 13.1. The molecule has 0 spiro atoms. The number of para-hydroxylation sites is 3. The topological polar surface area (TPSA) is 48.0 Å². The quantitative estimate of drug-likeness (QED) is 0.611. The van der Waals surface area contributed by atoms with Gasteiger partial charge in [0.1, 0.15) is 24.8 Å². The van der Waals surface area contributed by atoms with Crippen molar-refractivity contribution in [1.29, 1.82) is 0 Å². The summed E-state index contributed by atoms with van der Waals surface area (Å²) in [6.45, 7) is 0.988. The van der Waals surface area contributed by atoms with Crippen LogP contribution in [-0.4, -0.2) is 37.1 Å². The summed E-state index contributed by atoms with van der Waals surface area (Å²) in [5, 5.41) is 0. The minimum Gasteiger partial charge on any atom is -0.488 e. The number of carbonyl (C=O) groups is 1. The SMILES string of the molecule is CN(C[C@@H]1COc2ccccc2O1)C(=O)c1ccccc1OCc1ccc(F)cc1. The molecule has 3 aromatic carbocycles. The molecule has 30 heavy (non-hydrogen) atoms. The van der Waals surface area contributed by atoms with Crippen molar-refractivity contribution < 1.29 is 23.4 Å². The van der Waals surface area contributed by atoms with Crippen LogP contribution in [-0.2, 0) is 6.61 Å². The van der Waals surface area contributed by atoms with E-state index in [-0.39, 0.29) is 24.4 Å². The van der Waals surface area contributed by atoms with Crippen LogP contribution in [0.5, 0.6) is 17.2 Å². The number of rotatable bonds is 6. The van der Waals surface area contributed by atoms with E-state index >= 15 is 0 Å². The summed E-state index contributed by atoms with van der Waals surface area (Å²) >= 11 is 0. The van der Waals surface area contributed by atoms with Crippen LogP contribution in [0.3, 0.4) is 0 Å². The van der Waals surface area contributed by atoms with Crippen molar-refractivity contribution in [3.05, 3.63) is 89.7 Å². The molecule has 1 aliphatic rings. The Balaban J connectivity index is 1.41. The van der Waals surface area contributed by atoms with Gasteiger partial charge in [0.25, 0.3) is 5.91 Å². The summed E-state index contributed by atoms with van der Waals surface area (Å²) in [5.74, 6) is 1.39. The number of likely N-dealkylation sites (N-methyl/N-ethyl adjacent to an activating group) is 1. The number of hydrogen-bond acceptors (Lipinski definition) is 4. The van der Waals surface area contributed by atoms with Gasteiger partial charge in [-0.05, 0) is 42.0 Å². The highest BCUT2D eigenvalue weighted by Crippen LogP contribution is 2.31. The molecular formula is C24H22FNO4. The van der Waals surface area contributed by atoms with E-state index < -0.39 is 0 Å². The van der Waals surface area contributed by atoms with Crippen molar-refractivity contribution in [3.63, 3.8) is 0 Å². The average molecular weight is 407 g/mol. The van der Waals surface area contributed by atoms with Crippen LogP contribution in [0, 0.1) is 5.82 Å². The van der Waals surface area contributed by atoms with Crippen molar-refractivity contribution in [1.82, 2.24) is 4.90 Å². The first-order valence-electron chi connectivity index (χ1n) is 9.70. The van der Waals surface area contributed by atoms with Gasteiger partial charge in [-0.2, -0.15) is 0 Å². The number of hydrogen-bond donors (Lipinski definition) is 0. The number of carbonyl (C=O) groups excluding carboxylic acids is 1. The minimum absolute atomic E-state index is 0.174. The molecule has 4 rings (SSSR count). The Bertz CT molecular complexity index is 1020.